The first-order valence-corrected chi connectivity index (χ1v) is 41.3. The molecule has 7 heteroatoms. The van der Waals surface area contributed by atoms with Crippen LogP contribution in [-0.2, 0) is 0 Å². The molecule has 0 N–H and O–H groups in total. The van der Waals surface area contributed by atoms with Gasteiger partial charge in [-0.3, -0.25) is 0 Å². The van der Waals surface area contributed by atoms with Crippen LogP contribution in [0.2, 0.25) is 118 Å². The first-order valence-electron chi connectivity index (χ1n) is 18.2. The summed E-state index contributed by atoms with van der Waals surface area (Å²) in [5, 5.41) is 8.37. The van der Waals surface area contributed by atoms with Crippen LogP contribution in [0.15, 0.2) is 66.3 Å². The highest BCUT2D eigenvalue weighted by Gasteiger charge is 2.46. The molecule has 4 rings (SSSR count). The first-order chi connectivity index (χ1) is 21.1. The van der Waals surface area contributed by atoms with Gasteiger partial charge < -0.3 is 0 Å². The van der Waals surface area contributed by atoms with Gasteiger partial charge in [0.15, 0.2) is 0 Å². The highest BCUT2D eigenvalue weighted by Crippen LogP contribution is 2.49. The van der Waals surface area contributed by atoms with Crippen molar-refractivity contribution < 1.29 is 0 Å². The number of hydrogen-bond donors (Lipinski definition) is 0. The number of rotatable bonds is 10. The quantitative estimate of drug-likeness (QED) is 0.112. The van der Waals surface area contributed by atoms with Crippen molar-refractivity contribution in [1.29, 1.82) is 0 Å². The van der Waals surface area contributed by atoms with Gasteiger partial charge in [-0.1, -0.05) is 184 Å². The van der Waals surface area contributed by atoms with Gasteiger partial charge in [-0.2, -0.15) is 0 Å². The van der Waals surface area contributed by atoms with Crippen molar-refractivity contribution in [1.82, 2.24) is 0 Å². The molecule has 0 saturated heterocycles. The summed E-state index contributed by atoms with van der Waals surface area (Å²) in [4.78, 5) is 1.62. The normalized spacial score (nSPS) is 14.3. The molecule has 0 aliphatic heterocycles. The monoisotopic (exact) mass is 744 g/mol. The number of fused-ring (bicyclic) bond motifs is 3. The smallest absolute Gasteiger partial charge is 0.0693 e. The lowest BCUT2D eigenvalue weighted by atomic mass is 10.1. The summed E-state index contributed by atoms with van der Waals surface area (Å²) in [6.45, 7) is 48.3. The van der Waals surface area contributed by atoms with Crippen molar-refractivity contribution >= 4 is 78.0 Å². The highest BCUT2D eigenvalue weighted by atomic mass is 28.4. The lowest BCUT2D eigenvalue weighted by Crippen LogP contribution is -2.50. The standard InChI is InChI=1S/C40H68Si7/c1-42(2,3)38(43(4,5)6)31-27-34(39(44(7,8)9)45(10,11)12)37(35(28-31)40(46(13,14)15)47(16,17)18)41-29-30-23-19-20-24-32(30)33-25-21-22-26-36(33)41/h19-29,38-40H,1-18H3. The van der Waals surface area contributed by atoms with Gasteiger partial charge >= 0.3 is 0 Å². The van der Waals surface area contributed by atoms with Gasteiger partial charge in [0.05, 0.1) is 8.40 Å². The fourth-order valence-corrected chi connectivity index (χ4v) is 52.4. The van der Waals surface area contributed by atoms with E-state index in [9.17, 15) is 0 Å². The van der Waals surface area contributed by atoms with Crippen LogP contribution in [0.1, 0.15) is 32.2 Å². The average molecular weight is 746 g/mol. The predicted octanol–water partition coefficient (Wildman–Crippen LogP) is 13.5. The Labute approximate surface area is 297 Å². The van der Waals surface area contributed by atoms with Gasteiger partial charge in [0, 0.05) is 48.4 Å². The molecule has 0 unspecified atom stereocenters. The van der Waals surface area contributed by atoms with Gasteiger partial charge in [0.25, 0.3) is 0 Å². The van der Waals surface area contributed by atoms with Crippen LogP contribution in [0.25, 0.3) is 26.3 Å². The molecule has 1 heterocycles. The van der Waals surface area contributed by atoms with Crippen LogP contribution < -0.4 is 0 Å². The van der Waals surface area contributed by atoms with Gasteiger partial charge in [-0.15, -0.1) is 0 Å². The molecule has 1 aromatic heterocycles. The van der Waals surface area contributed by atoms with Crippen molar-refractivity contribution in [3.8, 4) is 5.19 Å². The second kappa shape index (κ2) is 13.0. The third kappa shape index (κ3) is 8.18. The molecular formula is C40H68Si7. The van der Waals surface area contributed by atoms with E-state index >= 15 is 0 Å². The first kappa shape index (κ1) is 38.8. The zero-order valence-corrected chi connectivity index (χ0v) is 40.6. The fourth-order valence-electron chi connectivity index (χ4n) is 10.7. The van der Waals surface area contributed by atoms with Crippen LogP contribution in [0.3, 0.4) is 0 Å². The summed E-state index contributed by atoms with van der Waals surface area (Å²) < 4.78 is 0. The Bertz CT molecular complexity index is 1650. The van der Waals surface area contributed by atoms with E-state index in [1.54, 1.807) is 10.6 Å². The van der Waals surface area contributed by atoms with E-state index in [2.05, 4.69) is 184 Å². The van der Waals surface area contributed by atoms with Gasteiger partial charge in [-0.25, -0.2) is 0 Å². The van der Waals surface area contributed by atoms with E-state index in [-0.39, 0.29) is 0 Å². The van der Waals surface area contributed by atoms with Gasteiger partial charge in [0.1, 0.15) is 0 Å². The molecule has 0 bridgehead atoms. The Morgan fingerprint density at radius 3 is 1.19 bits per heavy atom. The van der Waals surface area contributed by atoms with Crippen molar-refractivity contribution in [2.45, 2.75) is 133 Å². The number of hydrogen-bond acceptors (Lipinski definition) is 0. The van der Waals surface area contributed by atoms with E-state index in [4.69, 9.17) is 0 Å². The Morgan fingerprint density at radius 2 is 0.787 bits per heavy atom. The van der Waals surface area contributed by atoms with Crippen molar-refractivity contribution in [3.05, 3.63) is 83.0 Å². The van der Waals surface area contributed by atoms with Crippen LogP contribution in [0, 0.1) is 0 Å². The van der Waals surface area contributed by atoms with Crippen LogP contribution >= 0.6 is 0 Å². The van der Waals surface area contributed by atoms with Crippen molar-refractivity contribution in [3.63, 3.8) is 0 Å². The van der Waals surface area contributed by atoms with Crippen LogP contribution in [-0.4, -0.2) is 56.8 Å². The Morgan fingerprint density at radius 1 is 0.426 bits per heavy atom. The van der Waals surface area contributed by atoms with E-state index in [1.807, 2.05) is 16.3 Å². The van der Waals surface area contributed by atoms with E-state index in [0.29, 0.717) is 10.3 Å². The third-order valence-electron chi connectivity index (χ3n) is 10.4. The molecule has 0 atom stereocenters. The number of benzene rings is 3. The van der Waals surface area contributed by atoms with E-state index in [1.165, 1.54) is 16.2 Å². The summed E-state index contributed by atoms with van der Waals surface area (Å²) >= 11 is 0. The minimum Gasteiger partial charge on any atom is -0.0693 e. The molecule has 0 radical (unpaired) electrons. The summed E-state index contributed by atoms with van der Waals surface area (Å²) in [6, 6.07) is 24.6. The molecule has 3 aromatic carbocycles. The lowest BCUT2D eigenvalue weighted by molar-refractivity contribution is 1.09. The molecule has 0 nitrogen and oxygen atoms in total. The summed E-state index contributed by atoms with van der Waals surface area (Å²) in [5.74, 6) is 0. The molecule has 4 aromatic rings. The van der Waals surface area contributed by atoms with Crippen LogP contribution in [0.4, 0.5) is 0 Å². The largest absolute Gasteiger partial charge is 0.0821 e. The molecule has 0 amide bonds. The fraction of sp³-hybridized carbons (Fsp3) is 0.525. The topological polar surface area (TPSA) is 0 Å². The van der Waals surface area contributed by atoms with E-state index < -0.39 is 56.8 Å². The maximum atomic E-state index is 2.90. The molecule has 0 spiro atoms. The lowest BCUT2D eigenvalue weighted by Gasteiger charge is -2.46. The average Bonchev–Trinajstić information content (AvgIpc) is 2.83. The zero-order valence-electron chi connectivity index (χ0n) is 33.6. The van der Waals surface area contributed by atoms with Gasteiger partial charge in [0.2, 0.25) is 0 Å². The molecule has 0 aliphatic carbocycles. The maximum Gasteiger partial charge on any atom is 0.0821 e. The van der Waals surface area contributed by atoms with Crippen molar-refractivity contribution in [2.24, 2.45) is 0 Å². The Hall–Kier alpha value is -0.952. The van der Waals surface area contributed by atoms with Gasteiger partial charge in [-0.05, 0) is 58.5 Å². The second-order valence-electron chi connectivity index (χ2n) is 21.3. The Balaban J connectivity index is 2.42. The summed E-state index contributed by atoms with van der Waals surface area (Å²) in [5.41, 5.74) is 8.17. The molecule has 47 heavy (non-hydrogen) atoms. The predicted molar refractivity (Wildman–Crippen MR) is 237 cm³/mol. The zero-order chi connectivity index (χ0) is 35.7. The molecular weight excluding hydrogens is 677 g/mol. The Kier molecular flexibility index (Phi) is 10.7. The van der Waals surface area contributed by atoms with Crippen molar-refractivity contribution in [2.75, 3.05) is 0 Å². The minimum atomic E-state index is -1.61. The molecule has 0 fully saturated rings. The molecule has 0 aliphatic rings. The minimum absolute atomic E-state index is 0.715. The summed E-state index contributed by atoms with van der Waals surface area (Å²) in [6.07, 6.45) is 0. The van der Waals surface area contributed by atoms with E-state index in [0.717, 1.165) is 5.16 Å². The SMILES string of the molecule is C[Si](C)(C)C(c1cc(C([Si](C)(C)C)[Si](C)(C)C)c(-[si]2cc3ccccc3c3ccccc32)c(C([Si](C)(C)C)[Si](C)(C)C)c1)[Si](C)(C)C. The second-order valence-corrected chi connectivity index (χ2v) is 57.0. The maximum absolute atomic E-state index is 2.90. The highest BCUT2D eigenvalue weighted by molar-refractivity contribution is 6.98. The molecule has 256 valence electrons. The summed E-state index contributed by atoms with van der Waals surface area (Å²) in [7, 11) is -10.7. The third-order valence-corrected chi connectivity index (χ3v) is 41.0. The van der Waals surface area contributed by atoms with Crippen LogP contribution in [0.5, 0.6) is 0 Å². The molecule has 0 saturated carbocycles.